The van der Waals surface area contributed by atoms with Gasteiger partial charge in [0.25, 0.3) is 5.91 Å². The smallest absolute Gasteiger partial charge is 0.422 e. The summed E-state index contributed by atoms with van der Waals surface area (Å²) in [6.45, 7) is -0.226. The van der Waals surface area contributed by atoms with Crippen molar-refractivity contribution in [1.29, 1.82) is 0 Å². The minimum Gasteiger partial charge on any atom is -0.422 e. The molecule has 28 heavy (non-hydrogen) atoms. The van der Waals surface area contributed by atoms with Crippen LogP contribution in [0.4, 0.5) is 5.82 Å². The number of nitrogens with two attached hydrogens (primary N) is 1. The average molecular weight is 378 g/mol. The zero-order chi connectivity index (χ0) is 20.1. The van der Waals surface area contributed by atoms with Gasteiger partial charge in [-0.05, 0) is 17.7 Å². The van der Waals surface area contributed by atoms with Gasteiger partial charge in [0.05, 0.1) is 18.2 Å². The van der Waals surface area contributed by atoms with Gasteiger partial charge in [-0.25, -0.2) is 4.98 Å². The molecule has 0 fully saturated rings. The van der Waals surface area contributed by atoms with Crippen LogP contribution in [0.5, 0.6) is 0 Å². The molecule has 3 aromatic rings. The van der Waals surface area contributed by atoms with Crippen molar-refractivity contribution in [2.24, 2.45) is 0 Å². The maximum atomic E-state index is 12.5. The van der Waals surface area contributed by atoms with E-state index >= 15 is 0 Å². The van der Waals surface area contributed by atoms with Crippen LogP contribution in [-0.4, -0.2) is 44.8 Å². The third kappa shape index (κ3) is 4.34. The molecule has 8 nitrogen and oxygen atoms in total. The lowest BCUT2D eigenvalue weighted by molar-refractivity contribution is 0.0916. The van der Waals surface area contributed by atoms with Crippen molar-refractivity contribution in [3.05, 3.63) is 71.9 Å². The highest BCUT2D eigenvalue weighted by Crippen LogP contribution is 2.21. The Morgan fingerprint density at radius 1 is 1.11 bits per heavy atom. The summed E-state index contributed by atoms with van der Waals surface area (Å²) >= 11 is 0. The first kappa shape index (κ1) is 19.5. The SMILES string of the molecule is Nc1ncc(B(O)O)nc1-c1ccc(C(=O)N[C@H](CO)c2ccccc2)cc1. The lowest BCUT2D eigenvalue weighted by atomic mass is 9.86. The molecule has 6 N–H and O–H groups in total. The van der Waals surface area contributed by atoms with Gasteiger partial charge in [0.15, 0.2) is 0 Å². The van der Waals surface area contributed by atoms with E-state index in [0.717, 1.165) is 5.56 Å². The minimum absolute atomic E-state index is 0.0281. The number of carbonyl (C=O) groups excluding carboxylic acids is 1. The predicted octanol–water partition coefficient (Wildman–Crippen LogP) is -0.131. The minimum atomic E-state index is -1.76. The third-order valence-corrected chi connectivity index (χ3v) is 4.19. The fourth-order valence-corrected chi connectivity index (χ4v) is 2.69. The van der Waals surface area contributed by atoms with Gasteiger partial charge in [0, 0.05) is 17.3 Å². The monoisotopic (exact) mass is 378 g/mol. The van der Waals surface area contributed by atoms with E-state index in [1.54, 1.807) is 24.3 Å². The molecular formula is C19H19BN4O4. The third-order valence-electron chi connectivity index (χ3n) is 4.19. The molecule has 9 heteroatoms. The van der Waals surface area contributed by atoms with E-state index in [-0.39, 0.29) is 29.6 Å². The molecule has 0 saturated carbocycles. The van der Waals surface area contributed by atoms with Gasteiger partial charge in [-0.1, -0.05) is 42.5 Å². The molecule has 1 atom stereocenters. The van der Waals surface area contributed by atoms with E-state index < -0.39 is 13.2 Å². The van der Waals surface area contributed by atoms with Crippen LogP contribution >= 0.6 is 0 Å². The lowest BCUT2D eigenvalue weighted by Gasteiger charge is -2.17. The molecule has 0 radical (unpaired) electrons. The quantitative estimate of drug-likeness (QED) is 0.376. The maximum Gasteiger partial charge on any atom is 0.509 e. The summed E-state index contributed by atoms with van der Waals surface area (Å²) in [5, 5.41) is 30.9. The molecule has 0 spiro atoms. The molecule has 0 aliphatic rings. The molecule has 0 aliphatic carbocycles. The number of aromatic nitrogens is 2. The Hall–Kier alpha value is -3.27. The number of rotatable bonds is 6. The van der Waals surface area contributed by atoms with Crippen molar-refractivity contribution in [3.63, 3.8) is 0 Å². The Morgan fingerprint density at radius 2 is 1.79 bits per heavy atom. The first-order valence-electron chi connectivity index (χ1n) is 8.55. The van der Waals surface area contributed by atoms with E-state index in [1.165, 1.54) is 6.20 Å². The number of anilines is 1. The summed E-state index contributed by atoms with van der Waals surface area (Å²) in [5.41, 5.74) is 7.85. The van der Waals surface area contributed by atoms with Gasteiger partial charge < -0.3 is 26.2 Å². The molecule has 0 aliphatic heterocycles. The normalized spacial score (nSPS) is 11.7. The van der Waals surface area contributed by atoms with Gasteiger partial charge in [0.2, 0.25) is 0 Å². The fraction of sp³-hybridized carbons (Fsp3) is 0.105. The van der Waals surface area contributed by atoms with E-state index in [1.807, 2.05) is 30.3 Å². The zero-order valence-electron chi connectivity index (χ0n) is 14.9. The van der Waals surface area contributed by atoms with Crippen LogP contribution in [0.3, 0.4) is 0 Å². The second kappa shape index (κ2) is 8.62. The number of nitrogen functional groups attached to an aromatic ring is 1. The van der Waals surface area contributed by atoms with Crippen LogP contribution in [0, 0.1) is 0 Å². The molecule has 0 saturated heterocycles. The molecule has 1 heterocycles. The molecule has 3 rings (SSSR count). The van der Waals surface area contributed by atoms with E-state index in [4.69, 9.17) is 5.73 Å². The Bertz CT molecular complexity index is 952. The number of carbonyl (C=O) groups is 1. The summed E-state index contributed by atoms with van der Waals surface area (Å²) in [6.07, 6.45) is 1.18. The zero-order valence-corrected chi connectivity index (χ0v) is 14.9. The molecule has 1 aromatic heterocycles. The van der Waals surface area contributed by atoms with Crippen LogP contribution in [0.25, 0.3) is 11.3 Å². The number of hydrogen-bond acceptors (Lipinski definition) is 7. The van der Waals surface area contributed by atoms with Crippen molar-refractivity contribution in [2.75, 3.05) is 12.3 Å². The number of amides is 1. The van der Waals surface area contributed by atoms with Crippen LogP contribution in [0.1, 0.15) is 22.0 Å². The highest BCUT2D eigenvalue weighted by Gasteiger charge is 2.18. The Kier molecular flexibility index (Phi) is 6.00. The van der Waals surface area contributed by atoms with Gasteiger partial charge in [-0.3, -0.25) is 9.78 Å². The summed E-state index contributed by atoms with van der Waals surface area (Å²) in [5.74, 6) is -0.209. The highest BCUT2D eigenvalue weighted by molar-refractivity contribution is 6.57. The Balaban J connectivity index is 1.79. The second-order valence-corrected chi connectivity index (χ2v) is 6.10. The molecule has 142 valence electrons. The number of nitrogens with one attached hydrogen (secondary N) is 1. The first-order valence-corrected chi connectivity index (χ1v) is 8.55. The maximum absolute atomic E-state index is 12.5. The summed E-state index contributed by atoms with van der Waals surface area (Å²) < 4.78 is 0. The predicted molar refractivity (Wildman–Crippen MR) is 105 cm³/mol. The fourth-order valence-electron chi connectivity index (χ4n) is 2.69. The number of benzene rings is 2. The molecule has 1 amide bonds. The Labute approximate surface area is 161 Å². The number of aliphatic hydroxyl groups excluding tert-OH is 1. The van der Waals surface area contributed by atoms with Gasteiger partial charge in [-0.2, -0.15) is 0 Å². The number of hydrogen-bond donors (Lipinski definition) is 5. The van der Waals surface area contributed by atoms with Crippen LogP contribution in [0.2, 0.25) is 0 Å². The van der Waals surface area contributed by atoms with Crippen LogP contribution in [-0.2, 0) is 0 Å². The van der Waals surface area contributed by atoms with Gasteiger partial charge in [-0.15, -0.1) is 0 Å². The Morgan fingerprint density at radius 3 is 2.39 bits per heavy atom. The molecule has 0 bridgehead atoms. The van der Waals surface area contributed by atoms with E-state index in [2.05, 4.69) is 15.3 Å². The number of aliphatic hydroxyl groups is 1. The van der Waals surface area contributed by atoms with Crippen LogP contribution < -0.4 is 16.6 Å². The van der Waals surface area contributed by atoms with E-state index in [9.17, 15) is 19.9 Å². The van der Waals surface area contributed by atoms with Gasteiger partial charge >= 0.3 is 7.12 Å². The van der Waals surface area contributed by atoms with Gasteiger partial charge in [0.1, 0.15) is 11.5 Å². The van der Waals surface area contributed by atoms with Crippen molar-refractivity contribution in [2.45, 2.75) is 6.04 Å². The summed E-state index contributed by atoms with van der Waals surface area (Å²) in [7, 11) is -1.76. The molecule has 2 aromatic carbocycles. The van der Waals surface area contributed by atoms with Crippen molar-refractivity contribution in [3.8, 4) is 11.3 Å². The van der Waals surface area contributed by atoms with Crippen molar-refractivity contribution in [1.82, 2.24) is 15.3 Å². The van der Waals surface area contributed by atoms with Crippen molar-refractivity contribution >= 4 is 24.4 Å². The number of nitrogens with zero attached hydrogens (tertiary/aromatic N) is 2. The standard InChI is InChI=1S/C19H19BN4O4/c21-18-17(24-16(10-22-18)20(27)28)13-6-8-14(9-7-13)19(26)23-15(11-25)12-4-2-1-3-5-12/h1-10,15,25,27-28H,11H2,(H2,21,22)(H,23,26)/t15-/m1/s1. The first-order chi connectivity index (χ1) is 13.5. The summed E-state index contributed by atoms with van der Waals surface area (Å²) in [4.78, 5) is 20.5. The second-order valence-electron chi connectivity index (χ2n) is 6.10. The van der Waals surface area contributed by atoms with E-state index in [0.29, 0.717) is 11.1 Å². The largest absolute Gasteiger partial charge is 0.509 e. The molecule has 0 unspecified atom stereocenters. The summed E-state index contributed by atoms with van der Waals surface area (Å²) in [6, 6.07) is 15.1. The topological polar surface area (TPSA) is 142 Å². The molecular weight excluding hydrogens is 359 g/mol. The average Bonchev–Trinajstić information content (AvgIpc) is 2.72. The van der Waals surface area contributed by atoms with Crippen LogP contribution in [0.15, 0.2) is 60.8 Å². The lowest BCUT2D eigenvalue weighted by Crippen LogP contribution is -2.33. The van der Waals surface area contributed by atoms with Crippen molar-refractivity contribution < 1.29 is 19.9 Å². The highest BCUT2D eigenvalue weighted by atomic mass is 16.4.